The number of hydrogen-bond acceptors (Lipinski definition) is 6. The third kappa shape index (κ3) is 3.04. The quantitative estimate of drug-likeness (QED) is 0.680. The van der Waals surface area contributed by atoms with Gasteiger partial charge in [-0.05, 0) is 19.8 Å². The SMILES string of the molecule is Cc1cc(N)n(CC(=O)NC2CC(c3nnc(CO)n3C)C2)n1. The molecule has 9 nitrogen and oxygen atoms in total. The van der Waals surface area contributed by atoms with Crippen LogP contribution in [0.1, 0.15) is 36.1 Å². The van der Waals surface area contributed by atoms with Crippen LogP contribution in [-0.4, -0.2) is 41.6 Å². The normalized spacial score (nSPS) is 20.3. The fourth-order valence-electron chi connectivity index (χ4n) is 2.92. The Balaban J connectivity index is 1.51. The average Bonchev–Trinajstić information content (AvgIpc) is 2.96. The number of carbonyl (C=O) groups excluding carboxylic acids is 1. The lowest BCUT2D eigenvalue weighted by molar-refractivity contribution is -0.123. The van der Waals surface area contributed by atoms with Gasteiger partial charge in [-0.25, -0.2) is 4.68 Å². The molecule has 0 atom stereocenters. The first-order chi connectivity index (χ1) is 11.0. The van der Waals surface area contributed by atoms with Crippen LogP contribution in [0, 0.1) is 6.92 Å². The van der Waals surface area contributed by atoms with E-state index >= 15 is 0 Å². The molecular formula is C14H21N7O2. The van der Waals surface area contributed by atoms with Gasteiger partial charge in [-0.3, -0.25) is 4.79 Å². The van der Waals surface area contributed by atoms with E-state index in [2.05, 4.69) is 20.6 Å². The van der Waals surface area contributed by atoms with Crippen molar-refractivity contribution >= 4 is 11.7 Å². The lowest BCUT2D eigenvalue weighted by Gasteiger charge is -2.35. The minimum absolute atomic E-state index is 0.0998. The smallest absolute Gasteiger partial charge is 0.242 e. The van der Waals surface area contributed by atoms with Crippen LogP contribution in [0.5, 0.6) is 0 Å². The van der Waals surface area contributed by atoms with Gasteiger partial charge in [0.2, 0.25) is 5.91 Å². The van der Waals surface area contributed by atoms with Crippen LogP contribution in [0.15, 0.2) is 6.07 Å². The molecule has 3 rings (SSSR count). The molecule has 1 saturated carbocycles. The summed E-state index contributed by atoms with van der Waals surface area (Å²) in [6.07, 6.45) is 1.63. The zero-order valence-corrected chi connectivity index (χ0v) is 13.2. The number of aliphatic hydroxyl groups excluding tert-OH is 1. The Morgan fingerprint density at radius 1 is 1.48 bits per heavy atom. The number of nitrogens with two attached hydrogens (primary N) is 1. The molecule has 2 aromatic rings. The molecule has 0 aliphatic heterocycles. The summed E-state index contributed by atoms with van der Waals surface area (Å²) in [5.41, 5.74) is 6.57. The monoisotopic (exact) mass is 319 g/mol. The second kappa shape index (κ2) is 5.99. The Bertz CT molecular complexity index is 715. The van der Waals surface area contributed by atoms with Crippen molar-refractivity contribution in [3.8, 4) is 0 Å². The predicted molar refractivity (Wildman–Crippen MR) is 82.2 cm³/mol. The highest BCUT2D eigenvalue weighted by Gasteiger charge is 2.34. The Labute approximate surface area is 133 Å². The van der Waals surface area contributed by atoms with Crippen molar-refractivity contribution in [2.45, 2.75) is 44.9 Å². The van der Waals surface area contributed by atoms with E-state index in [9.17, 15) is 4.79 Å². The summed E-state index contributed by atoms with van der Waals surface area (Å²) in [7, 11) is 1.84. The third-order valence-electron chi connectivity index (χ3n) is 4.24. The summed E-state index contributed by atoms with van der Waals surface area (Å²) >= 11 is 0. The zero-order valence-electron chi connectivity index (χ0n) is 13.2. The van der Waals surface area contributed by atoms with Crippen molar-refractivity contribution in [3.05, 3.63) is 23.4 Å². The maximum atomic E-state index is 12.0. The van der Waals surface area contributed by atoms with Gasteiger partial charge in [0.25, 0.3) is 0 Å². The molecule has 1 fully saturated rings. The van der Waals surface area contributed by atoms with Gasteiger partial charge in [0.15, 0.2) is 5.82 Å². The second-order valence-electron chi connectivity index (χ2n) is 5.99. The highest BCUT2D eigenvalue weighted by molar-refractivity contribution is 5.76. The van der Waals surface area contributed by atoms with E-state index in [4.69, 9.17) is 10.8 Å². The number of nitrogens with one attached hydrogen (secondary N) is 1. The van der Waals surface area contributed by atoms with Crippen molar-refractivity contribution < 1.29 is 9.90 Å². The summed E-state index contributed by atoms with van der Waals surface area (Å²) < 4.78 is 3.31. The first kappa shape index (κ1) is 15.5. The van der Waals surface area contributed by atoms with Gasteiger partial charge in [0.1, 0.15) is 24.8 Å². The van der Waals surface area contributed by atoms with E-state index in [1.807, 2.05) is 18.5 Å². The van der Waals surface area contributed by atoms with Crippen LogP contribution >= 0.6 is 0 Å². The van der Waals surface area contributed by atoms with Crippen molar-refractivity contribution in [1.29, 1.82) is 0 Å². The van der Waals surface area contributed by atoms with Crippen molar-refractivity contribution in [1.82, 2.24) is 29.9 Å². The first-order valence-corrected chi connectivity index (χ1v) is 7.56. The molecule has 0 spiro atoms. The molecule has 0 aromatic carbocycles. The summed E-state index contributed by atoms with van der Waals surface area (Å²) in [6.45, 7) is 1.84. The molecule has 0 unspecified atom stereocenters. The Kier molecular flexibility index (Phi) is 4.03. The number of aliphatic hydroxyl groups is 1. The minimum Gasteiger partial charge on any atom is -0.388 e. The van der Waals surface area contributed by atoms with E-state index in [0.717, 1.165) is 24.4 Å². The molecule has 1 amide bonds. The van der Waals surface area contributed by atoms with Gasteiger partial charge in [-0.2, -0.15) is 5.10 Å². The number of hydrogen-bond donors (Lipinski definition) is 3. The molecule has 0 radical (unpaired) electrons. The lowest BCUT2D eigenvalue weighted by Crippen LogP contribution is -2.45. The number of aromatic nitrogens is 5. The van der Waals surface area contributed by atoms with Gasteiger partial charge < -0.3 is 20.7 Å². The van der Waals surface area contributed by atoms with Crippen LogP contribution in [0.25, 0.3) is 0 Å². The second-order valence-corrected chi connectivity index (χ2v) is 5.99. The van der Waals surface area contributed by atoms with Crippen LogP contribution in [0.4, 0.5) is 5.82 Å². The number of carbonyl (C=O) groups is 1. The molecule has 2 heterocycles. The van der Waals surface area contributed by atoms with Gasteiger partial charge in [-0.1, -0.05) is 0 Å². The third-order valence-corrected chi connectivity index (χ3v) is 4.24. The molecule has 2 aromatic heterocycles. The molecule has 1 aliphatic rings. The van der Waals surface area contributed by atoms with E-state index < -0.39 is 0 Å². The number of anilines is 1. The summed E-state index contributed by atoms with van der Waals surface area (Å²) in [4.78, 5) is 12.0. The van der Waals surface area contributed by atoms with E-state index in [0.29, 0.717) is 11.6 Å². The van der Waals surface area contributed by atoms with Crippen LogP contribution < -0.4 is 11.1 Å². The van der Waals surface area contributed by atoms with Crippen LogP contribution in [-0.2, 0) is 25.0 Å². The minimum atomic E-state index is -0.124. The maximum Gasteiger partial charge on any atom is 0.242 e. The predicted octanol–water partition coefficient (Wildman–Crippen LogP) is -0.543. The Morgan fingerprint density at radius 3 is 2.78 bits per heavy atom. The molecule has 4 N–H and O–H groups in total. The van der Waals surface area contributed by atoms with Crippen molar-refractivity contribution in [2.24, 2.45) is 7.05 Å². The molecule has 9 heteroatoms. The first-order valence-electron chi connectivity index (χ1n) is 7.56. The van der Waals surface area contributed by atoms with Gasteiger partial charge in [0.05, 0.1) is 5.69 Å². The number of nitrogens with zero attached hydrogens (tertiary/aromatic N) is 5. The van der Waals surface area contributed by atoms with Gasteiger partial charge >= 0.3 is 0 Å². The van der Waals surface area contributed by atoms with Crippen molar-refractivity contribution in [2.75, 3.05) is 5.73 Å². The molecule has 124 valence electrons. The Morgan fingerprint density at radius 2 is 2.22 bits per heavy atom. The van der Waals surface area contributed by atoms with Gasteiger partial charge in [-0.15, -0.1) is 10.2 Å². The highest BCUT2D eigenvalue weighted by atomic mass is 16.3. The van der Waals surface area contributed by atoms with Crippen LogP contribution in [0.2, 0.25) is 0 Å². The highest BCUT2D eigenvalue weighted by Crippen LogP contribution is 2.35. The fraction of sp³-hybridized carbons (Fsp3) is 0.571. The van der Waals surface area contributed by atoms with E-state index in [1.165, 1.54) is 4.68 Å². The Hall–Kier alpha value is -2.42. The molecular weight excluding hydrogens is 298 g/mol. The molecule has 0 saturated heterocycles. The maximum absolute atomic E-state index is 12.0. The summed E-state index contributed by atoms with van der Waals surface area (Å²) in [6, 6.07) is 1.86. The number of rotatable bonds is 5. The molecule has 1 aliphatic carbocycles. The standard InChI is InChI=1S/C14H21N7O2/c1-8-3-11(15)21(19-8)6-13(23)16-10-4-9(5-10)14-18-17-12(7-22)20(14)2/h3,9-10,22H,4-7,15H2,1-2H3,(H,16,23). The zero-order chi connectivity index (χ0) is 16.6. The van der Waals surface area contributed by atoms with Crippen LogP contribution in [0.3, 0.4) is 0 Å². The number of aryl methyl sites for hydroxylation is 1. The topological polar surface area (TPSA) is 124 Å². The average molecular weight is 319 g/mol. The number of nitrogen functional groups attached to an aromatic ring is 1. The van der Waals surface area contributed by atoms with Gasteiger partial charge in [0, 0.05) is 25.1 Å². The largest absolute Gasteiger partial charge is 0.388 e. The lowest BCUT2D eigenvalue weighted by atomic mass is 9.79. The fourth-order valence-corrected chi connectivity index (χ4v) is 2.92. The van der Waals surface area contributed by atoms with E-state index in [1.54, 1.807) is 6.07 Å². The number of amides is 1. The summed E-state index contributed by atoms with van der Waals surface area (Å²) in [5.74, 6) is 2.05. The van der Waals surface area contributed by atoms with Crippen molar-refractivity contribution in [3.63, 3.8) is 0 Å². The van der Waals surface area contributed by atoms with E-state index in [-0.39, 0.29) is 31.0 Å². The molecule has 23 heavy (non-hydrogen) atoms. The summed E-state index contributed by atoms with van der Waals surface area (Å²) in [5, 5.41) is 24.3. The molecule has 0 bridgehead atoms.